The van der Waals surface area contributed by atoms with E-state index >= 15 is 0 Å². The third-order valence-electron chi connectivity index (χ3n) is 5.68. The largest absolute Gasteiger partial charge is 0.487 e. The first-order valence-electron chi connectivity index (χ1n) is 9.46. The van der Waals surface area contributed by atoms with E-state index in [0.717, 1.165) is 43.0 Å². The summed E-state index contributed by atoms with van der Waals surface area (Å²) in [5, 5.41) is 14.4. The van der Waals surface area contributed by atoms with Crippen molar-refractivity contribution in [3.05, 3.63) is 29.8 Å². The number of rotatable bonds is 5. The lowest BCUT2D eigenvalue weighted by atomic mass is 9.88. The number of hydrogen-bond donors (Lipinski definition) is 2. The number of likely N-dealkylation sites (tertiary alicyclic amines) is 1. The summed E-state index contributed by atoms with van der Waals surface area (Å²) >= 11 is 0. The third kappa shape index (κ3) is 4.50. The van der Waals surface area contributed by atoms with Crippen LogP contribution in [0.2, 0.25) is 0 Å². The van der Waals surface area contributed by atoms with Crippen LogP contribution in [0.4, 0.5) is 0 Å². The highest BCUT2D eigenvalue weighted by molar-refractivity contribution is 5.32. The lowest BCUT2D eigenvalue weighted by Crippen LogP contribution is -2.52. The van der Waals surface area contributed by atoms with Crippen LogP contribution in [-0.4, -0.2) is 54.9 Å². The lowest BCUT2D eigenvalue weighted by molar-refractivity contribution is -0.0169. The van der Waals surface area contributed by atoms with Crippen LogP contribution in [0.1, 0.15) is 37.7 Å². The second kappa shape index (κ2) is 8.32. The molecule has 0 amide bonds. The van der Waals surface area contributed by atoms with Gasteiger partial charge in [-0.15, -0.1) is 0 Å². The average Bonchev–Trinajstić information content (AvgIpc) is 2.59. The van der Waals surface area contributed by atoms with Crippen molar-refractivity contribution in [2.45, 2.75) is 57.3 Å². The first-order chi connectivity index (χ1) is 11.6. The number of ether oxygens (including phenoxy) is 1. The monoisotopic (exact) mass is 332 g/mol. The predicted molar refractivity (Wildman–Crippen MR) is 97.5 cm³/mol. The normalized spacial score (nSPS) is 29.5. The first-order valence-corrected chi connectivity index (χ1v) is 9.46. The molecule has 1 aromatic rings. The summed E-state index contributed by atoms with van der Waals surface area (Å²) in [5.41, 5.74) is 1.13. The maximum atomic E-state index is 10.8. The summed E-state index contributed by atoms with van der Waals surface area (Å²) in [5.74, 6) is 1.64. The van der Waals surface area contributed by atoms with E-state index in [1.807, 2.05) is 18.2 Å². The van der Waals surface area contributed by atoms with E-state index in [0.29, 0.717) is 0 Å². The van der Waals surface area contributed by atoms with Crippen LogP contribution in [0.15, 0.2) is 24.3 Å². The zero-order chi connectivity index (χ0) is 16.9. The molecule has 1 heterocycles. The molecule has 0 aromatic heterocycles. The van der Waals surface area contributed by atoms with Crippen LogP contribution >= 0.6 is 0 Å². The molecular weight excluding hydrogens is 300 g/mol. The standard InChI is InChI=1S/C20H32N2O2/c1-15-6-3-4-8-18(15)24-19-9-5-7-17(20(19)23)21-14-16-10-12-22(2)13-11-16/h3-4,6,8,16-17,19-21,23H,5,7,9-14H2,1-2H3/t17-,19+,20+/m0/s1. The van der Waals surface area contributed by atoms with E-state index in [9.17, 15) is 5.11 Å². The summed E-state index contributed by atoms with van der Waals surface area (Å²) in [6, 6.07) is 8.23. The topological polar surface area (TPSA) is 44.7 Å². The smallest absolute Gasteiger partial charge is 0.126 e. The Morgan fingerprint density at radius 1 is 1.17 bits per heavy atom. The van der Waals surface area contributed by atoms with Crippen LogP contribution in [0.5, 0.6) is 5.75 Å². The van der Waals surface area contributed by atoms with Crippen molar-refractivity contribution in [2.24, 2.45) is 5.92 Å². The highest BCUT2D eigenvalue weighted by atomic mass is 16.5. The summed E-state index contributed by atoms with van der Waals surface area (Å²) in [6.07, 6.45) is 5.08. The molecule has 1 aliphatic carbocycles. The van der Waals surface area contributed by atoms with E-state index < -0.39 is 6.10 Å². The van der Waals surface area contributed by atoms with Crippen molar-refractivity contribution in [3.63, 3.8) is 0 Å². The molecule has 2 aliphatic rings. The molecule has 4 nitrogen and oxygen atoms in total. The third-order valence-corrected chi connectivity index (χ3v) is 5.68. The SMILES string of the molecule is Cc1ccccc1O[C@@H]1CCC[C@H](NCC2CCN(C)CC2)[C@H]1O. The molecule has 1 saturated heterocycles. The number of aliphatic hydroxyl groups excluding tert-OH is 1. The van der Waals surface area contributed by atoms with Crippen molar-refractivity contribution < 1.29 is 9.84 Å². The minimum atomic E-state index is -0.426. The molecule has 0 unspecified atom stereocenters. The molecule has 1 aliphatic heterocycles. The molecule has 3 atom stereocenters. The number of hydrogen-bond acceptors (Lipinski definition) is 4. The number of nitrogens with one attached hydrogen (secondary N) is 1. The van der Waals surface area contributed by atoms with Crippen molar-refractivity contribution in [1.82, 2.24) is 10.2 Å². The fraction of sp³-hybridized carbons (Fsp3) is 0.700. The Labute approximate surface area is 146 Å². The van der Waals surface area contributed by atoms with Crippen LogP contribution in [0, 0.1) is 12.8 Å². The maximum absolute atomic E-state index is 10.8. The Hall–Kier alpha value is -1.10. The Balaban J connectivity index is 1.51. The Morgan fingerprint density at radius 2 is 1.92 bits per heavy atom. The van der Waals surface area contributed by atoms with Crippen LogP contribution in [0.3, 0.4) is 0 Å². The highest BCUT2D eigenvalue weighted by Gasteiger charge is 2.33. The van der Waals surface area contributed by atoms with Crippen molar-refractivity contribution in [1.29, 1.82) is 0 Å². The summed E-state index contributed by atoms with van der Waals surface area (Å²) in [4.78, 5) is 2.40. The van der Waals surface area contributed by atoms with Crippen molar-refractivity contribution in [3.8, 4) is 5.75 Å². The van der Waals surface area contributed by atoms with Crippen LogP contribution in [0.25, 0.3) is 0 Å². The second-order valence-electron chi connectivity index (χ2n) is 7.60. The molecule has 4 heteroatoms. The molecule has 2 fully saturated rings. The molecule has 0 spiro atoms. The fourth-order valence-corrected chi connectivity index (χ4v) is 3.93. The van der Waals surface area contributed by atoms with Gasteiger partial charge in [0.1, 0.15) is 18.0 Å². The van der Waals surface area contributed by atoms with Gasteiger partial charge in [-0.05, 0) is 83.3 Å². The van der Waals surface area contributed by atoms with Gasteiger partial charge in [0.15, 0.2) is 0 Å². The van der Waals surface area contributed by atoms with Gasteiger partial charge in [-0.3, -0.25) is 0 Å². The Morgan fingerprint density at radius 3 is 2.67 bits per heavy atom. The van der Waals surface area contributed by atoms with Gasteiger partial charge < -0.3 is 20.1 Å². The second-order valence-corrected chi connectivity index (χ2v) is 7.60. The average molecular weight is 332 g/mol. The van der Waals surface area contributed by atoms with E-state index in [4.69, 9.17) is 4.74 Å². The summed E-state index contributed by atoms with van der Waals surface area (Å²) < 4.78 is 6.14. The number of piperidine rings is 1. The number of aliphatic hydroxyl groups is 1. The van der Waals surface area contributed by atoms with E-state index in [-0.39, 0.29) is 12.1 Å². The summed E-state index contributed by atoms with van der Waals surface area (Å²) in [7, 11) is 2.20. The fourth-order valence-electron chi connectivity index (χ4n) is 3.93. The van der Waals surface area contributed by atoms with E-state index in [2.05, 4.69) is 30.3 Å². The van der Waals surface area contributed by atoms with Gasteiger partial charge in [0.25, 0.3) is 0 Å². The minimum absolute atomic E-state index is 0.102. The number of benzene rings is 1. The van der Waals surface area contributed by atoms with Gasteiger partial charge in [-0.25, -0.2) is 0 Å². The highest BCUT2D eigenvalue weighted by Crippen LogP contribution is 2.27. The number of nitrogens with zero attached hydrogens (tertiary/aromatic N) is 1. The molecule has 134 valence electrons. The molecule has 3 rings (SSSR count). The van der Waals surface area contributed by atoms with E-state index in [1.165, 1.54) is 25.9 Å². The zero-order valence-corrected chi connectivity index (χ0v) is 15.1. The van der Waals surface area contributed by atoms with Gasteiger partial charge in [0.2, 0.25) is 0 Å². The molecule has 24 heavy (non-hydrogen) atoms. The van der Waals surface area contributed by atoms with Gasteiger partial charge in [-0.1, -0.05) is 18.2 Å². The van der Waals surface area contributed by atoms with Crippen LogP contribution in [-0.2, 0) is 0 Å². The van der Waals surface area contributed by atoms with Crippen molar-refractivity contribution >= 4 is 0 Å². The first kappa shape index (κ1) is 17.7. The minimum Gasteiger partial charge on any atom is -0.487 e. The Kier molecular flexibility index (Phi) is 6.14. The van der Waals surface area contributed by atoms with Gasteiger partial charge in [0, 0.05) is 6.04 Å². The van der Waals surface area contributed by atoms with Gasteiger partial charge in [0.05, 0.1) is 0 Å². The summed E-state index contributed by atoms with van der Waals surface area (Å²) in [6.45, 7) is 5.46. The molecule has 1 saturated carbocycles. The molecule has 0 radical (unpaired) electrons. The van der Waals surface area contributed by atoms with Gasteiger partial charge >= 0.3 is 0 Å². The number of para-hydroxylation sites is 1. The molecule has 2 N–H and O–H groups in total. The molecule has 0 bridgehead atoms. The van der Waals surface area contributed by atoms with Crippen LogP contribution < -0.4 is 10.1 Å². The maximum Gasteiger partial charge on any atom is 0.126 e. The predicted octanol–water partition coefficient (Wildman–Crippen LogP) is 2.59. The zero-order valence-electron chi connectivity index (χ0n) is 15.1. The van der Waals surface area contributed by atoms with Gasteiger partial charge in [-0.2, -0.15) is 0 Å². The number of aryl methyl sites for hydroxylation is 1. The molecular formula is C20H32N2O2. The quantitative estimate of drug-likeness (QED) is 0.870. The van der Waals surface area contributed by atoms with Crippen molar-refractivity contribution in [2.75, 3.05) is 26.7 Å². The Bertz CT molecular complexity index is 514. The van der Waals surface area contributed by atoms with E-state index in [1.54, 1.807) is 0 Å². The lowest BCUT2D eigenvalue weighted by Gasteiger charge is -2.37. The molecule has 1 aromatic carbocycles.